The van der Waals surface area contributed by atoms with Crippen LogP contribution in [0.2, 0.25) is 0 Å². The largest absolute Gasteiger partial charge is 0.315 e. The minimum absolute atomic E-state index is 0.822. The first-order valence-electron chi connectivity index (χ1n) is 7.68. The van der Waals surface area contributed by atoms with E-state index in [1.54, 1.807) is 0 Å². The Kier molecular flexibility index (Phi) is 7.87. The van der Waals surface area contributed by atoms with Gasteiger partial charge in [0, 0.05) is 19.1 Å². The molecule has 0 aromatic rings. The highest BCUT2D eigenvalue weighted by Gasteiger charge is 2.18. The molecule has 2 heteroatoms. The highest BCUT2D eigenvalue weighted by atomic mass is 15.2. The van der Waals surface area contributed by atoms with Crippen LogP contribution in [0, 0.1) is 5.92 Å². The molecule has 0 radical (unpaired) electrons. The summed E-state index contributed by atoms with van der Waals surface area (Å²) < 4.78 is 0. The first-order chi connectivity index (χ1) is 8.24. The lowest BCUT2D eigenvalue weighted by molar-refractivity contribution is 0.164. The van der Waals surface area contributed by atoms with Gasteiger partial charge in [0.15, 0.2) is 0 Å². The monoisotopic (exact) mass is 240 g/mol. The lowest BCUT2D eigenvalue weighted by atomic mass is 9.94. The second kappa shape index (κ2) is 8.93. The van der Waals surface area contributed by atoms with E-state index in [0.717, 1.165) is 18.5 Å². The van der Waals surface area contributed by atoms with Gasteiger partial charge in [-0.2, -0.15) is 0 Å². The molecule has 0 atom stereocenters. The second-order valence-electron chi connectivity index (χ2n) is 5.85. The van der Waals surface area contributed by atoms with Gasteiger partial charge in [0.25, 0.3) is 0 Å². The molecule has 1 aliphatic carbocycles. The summed E-state index contributed by atoms with van der Waals surface area (Å²) in [5.41, 5.74) is 0. The van der Waals surface area contributed by atoms with Gasteiger partial charge < -0.3 is 5.32 Å². The molecule has 1 N–H and O–H groups in total. The molecule has 2 nitrogen and oxygen atoms in total. The summed E-state index contributed by atoms with van der Waals surface area (Å²) in [6.45, 7) is 11.7. The van der Waals surface area contributed by atoms with Crippen LogP contribution in [0.15, 0.2) is 0 Å². The molecule has 0 aromatic heterocycles. The molecule has 102 valence electrons. The van der Waals surface area contributed by atoms with Gasteiger partial charge in [0.2, 0.25) is 0 Å². The fourth-order valence-electron chi connectivity index (χ4n) is 2.78. The van der Waals surface area contributed by atoms with Crippen LogP contribution in [0.25, 0.3) is 0 Å². The Morgan fingerprint density at radius 1 is 1.12 bits per heavy atom. The smallest absolute Gasteiger partial charge is 0.0110 e. The van der Waals surface area contributed by atoms with Gasteiger partial charge in [0.1, 0.15) is 0 Å². The molecule has 0 aliphatic heterocycles. The third-order valence-corrected chi connectivity index (χ3v) is 3.97. The third-order valence-electron chi connectivity index (χ3n) is 3.97. The summed E-state index contributed by atoms with van der Waals surface area (Å²) >= 11 is 0. The fraction of sp³-hybridized carbons (Fsp3) is 1.00. The lowest BCUT2D eigenvalue weighted by Gasteiger charge is -2.33. The summed E-state index contributed by atoms with van der Waals surface area (Å²) in [5.74, 6) is 0.822. The number of likely N-dealkylation sites (N-methyl/N-ethyl adjacent to an activating group) is 1. The molecule has 0 saturated heterocycles. The van der Waals surface area contributed by atoms with Crippen molar-refractivity contribution in [2.45, 2.75) is 65.3 Å². The minimum atomic E-state index is 0.822. The molecule has 0 unspecified atom stereocenters. The number of nitrogens with one attached hydrogen (secondary N) is 1. The second-order valence-corrected chi connectivity index (χ2v) is 5.85. The Balaban J connectivity index is 2.09. The maximum Gasteiger partial charge on any atom is 0.0110 e. The van der Waals surface area contributed by atoms with E-state index in [2.05, 4.69) is 31.0 Å². The SMILES string of the molecule is CCN(CCNCCC(C)C)C1CCCCC1. The van der Waals surface area contributed by atoms with Crippen LogP contribution in [0.5, 0.6) is 0 Å². The van der Waals surface area contributed by atoms with E-state index in [1.165, 1.54) is 58.2 Å². The van der Waals surface area contributed by atoms with Gasteiger partial charge in [-0.25, -0.2) is 0 Å². The molecule has 1 saturated carbocycles. The quantitative estimate of drug-likeness (QED) is 0.655. The maximum absolute atomic E-state index is 3.58. The van der Waals surface area contributed by atoms with Crippen LogP contribution in [0.1, 0.15) is 59.3 Å². The van der Waals surface area contributed by atoms with E-state index in [1.807, 2.05) is 0 Å². The predicted molar refractivity (Wildman–Crippen MR) is 76.4 cm³/mol. The Labute approximate surface area is 108 Å². The van der Waals surface area contributed by atoms with E-state index in [-0.39, 0.29) is 0 Å². The number of hydrogen-bond acceptors (Lipinski definition) is 2. The molecule has 1 fully saturated rings. The van der Waals surface area contributed by atoms with Gasteiger partial charge in [-0.1, -0.05) is 40.0 Å². The van der Waals surface area contributed by atoms with Crippen molar-refractivity contribution in [1.29, 1.82) is 0 Å². The molecule has 0 aromatic carbocycles. The van der Waals surface area contributed by atoms with Crippen molar-refractivity contribution < 1.29 is 0 Å². The highest BCUT2D eigenvalue weighted by molar-refractivity contribution is 4.75. The molecule has 0 bridgehead atoms. The van der Waals surface area contributed by atoms with Crippen molar-refractivity contribution in [3.05, 3.63) is 0 Å². The molecular formula is C15H32N2. The Bertz CT molecular complexity index is 174. The Morgan fingerprint density at radius 3 is 2.41 bits per heavy atom. The van der Waals surface area contributed by atoms with E-state index in [9.17, 15) is 0 Å². The number of hydrogen-bond donors (Lipinski definition) is 1. The van der Waals surface area contributed by atoms with Gasteiger partial charge >= 0.3 is 0 Å². The Hall–Kier alpha value is -0.0800. The maximum atomic E-state index is 3.58. The number of rotatable bonds is 8. The van der Waals surface area contributed by atoms with Crippen LogP contribution in [0.4, 0.5) is 0 Å². The van der Waals surface area contributed by atoms with Crippen LogP contribution in [0.3, 0.4) is 0 Å². The molecule has 0 heterocycles. The number of nitrogens with zero attached hydrogens (tertiary/aromatic N) is 1. The van der Waals surface area contributed by atoms with Crippen molar-refractivity contribution in [1.82, 2.24) is 10.2 Å². The third kappa shape index (κ3) is 6.42. The van der Waals surface area contributed by atoms with Crippen molar-refractivity contribution in [3.63, 3.8) is 0 Å². The molecule has 1 rings (SSSR count). The zero-order chi connectivity index (χ0) is 12.5. The van der Waals surface area contributed by atoms with Crippen LogP contribution >= 0.6 is 0 Å². The molecule has 0 spiro atoms. The Morgan fingerprint density at radius 2 is 1.82 bits per heavy atom. The summed E-state index contributed by atoms with van der Waals surface area (Å²) in [6.07, 6.45) is 8.51. The standard InChI is InChI=1S/C15H32N2/c1-4-17(15-8-6-5-7-9-15)13-12-16-11-10-14(2)3/h14-16H,4-13H2,1-3H3. The van der Waals surface area contributed by atoms with Gasteiger partial charge in [-0.15, -0.1) is 0 Å². The van der Waals surface area contributed by atoms with E-state index in [4.69, 9.17) is 0 Å². The summed E-state index contributed by atoms with van der Waals surface area (Å²) in [5, 5.41) is 3.58. The van der Waals surface area contributed by atoms with Crippen LogP contribution < -0.4 is 5.32 Å². The minimum Gasteiger partial charge on any atom is -0.315 e. The van der Waals surface area contributed by atoms with Crippen molar-refractivity contribution >= 4 is 0 Å². The molecule has 17 heavy (non-hydrogen) atoms. The zero-order valence-electron chi connectivity index (χ0n) is 12.2. The molecule has 0 amide bonds. The lowest BCUT2D eigenvalue weighted by Crippen LogP contribution is -2.41. The summed E-state index contributed by atoms with van der Waals surface area (Å²) in [7, 11) is 0. The van der Waals surface area contributed by atoms with Gasteiger partial charge in [-0.3, -0.25) is 4.90 Å². The fourth-order valence-corrected chi connectivity index (χ4v) is 2.78. The average molecular weight is 240 g/mol. The van der Waals surface area contributed by atoms with Gasteiger partial charge in [0.05, 0.1) is 0 Å². The molecule has 1 aliphatic rings. The first-order valence-corrected chi connectivity index (χ1v) is 7.68. The topological polar surface area (TPSA) is 15.3 Å². The average Bonchev–Trinajstić information content (AvgIpc) is 2.34. The van der Waals surface area contributed by atoms with Crippen LogP contribution in [-0.4, -0.2) is 37.1 Å². The van der Waals surface area contributed by atoms with Crippen molar-refractivity contribution in [2.24, 2.45) is 5.92 Å². The van der Waals surface area contributed by atoms with E-state index >= 15 is 0 Å². The van der Waals surface area contributed by atoms with Gasteiger partial charge in [-0.05, 0) is 38.3 Å². The predicted octanol–water partition coefficient (Wildman–Crippen LogP) is 3.28. The highest BCUT2D eigenvalue weighted by Crippen LogP contribution is 2.21. The zero-order valence-corrected chi connectivity index (χ0v) is 12.2. The van der Waals surface area contributed by atoms with E-state index in [0.29, 0.717) is 0 Å². The van der Waals surface area contributed by atoms with Crippen LogP contribution in [-0.2, 0) is 0 Å². The molecular weight excluding hydrogens is 208 g/mol. The summed E-state index contributed by atoms with van der Waals surface area (Å²) in [4.78, 5) is 2.68. The summed E-state index contributed by atoms with van der Waals surface area (Å²) in [6, 6.07) is 0.876. The van der Waals surface area contributed by atoms with Crippen molar-refractivity contribution in [2.75, 3.05) is 26.2 Å². The normalized spacial score (nSPS) is 18.2. The van der Waals surface area contributed by atoms with E-state index < -0.39 is 0 Å². The first kappa shape index (κ1) is 15.0. The van der Waals surface area contributed by atoms with Crippen molar-refractivity contribution in [3.8, 4) is 0 Å².